The van der Waals surface area contributed by atoms with Crippen LogP contribution in [0.3, 0.4) is 0 Å². The number of nitrogens with two attached hydrogens (primary N) is 3. The van der Waals surface area contributed by atoms with Crippen LogP contribution in [0.5, 0.6) is 0 Å². The molecule has 0 aromatic carbocycles. The molecule has 0 aliphatic rings. The maximum absolute atomic E-state index is 7.57. The molecule has 0 fully saturated rings. The molecular formula is C58H70N4O4. The summed E-state index contributed by atoms with van der Waals surface area (Å²) >= 11 is 0. The Morgan fingerprint density at radius 1 is 0.424 bits per heavy atom. The van der Waals surface area contributed by atoms with Gasteiger partial charge in [-0.15, -0.1) is 123 Å². The Morgan fingerprint density at radius 2 is 0.955 bits per heavy atom. The largest absolute Gasteiger partial charge is 0.423 e. The molecule has 0 aromatic rings. The minimum absolute atomic E-state index is 0.0240. The van der Waals surface area contributed by atoms with Crippen LogP contribution < -0.4 is 17.2 Å². The first-order valence-corrected chi connectivity index (χ1v) is 22.5. The summed E-state index contributed by atoms with van der Waals surface area (Å²) in [7, 11) is 0. The molecule has 0 bridgehead atoms. The molecule has 8 heteroatoms. The van der Waals surface area contributed by atoms with Crippen molar-refractivity contribution in [3.8, 4) is 159 Å². The molecule has 8 nitrogen and oxygen atoms in total. The molecular weight excluding hydrogens is 817 g/mol. The fraction of sp³-hybridized carbons (Fsp3) is 0.552. The quantitative estimate of drug-likeness (QED) is 0.0359. The van der Waals surface area contributed by atoms with Gasteiger partial charge >= 0.3 is 5.97 Å². The Kier molecular flexibility index (Phi) is 32.7. The Morgan fingerprint density at radius 3 is 1.52 bits per heavy atom. The van der Waals surface area contributed by atoms with Gasteiger partial charge in [0.25, 0.3) is 0 Å². The third-order valence-electron chi connectivity index (χ3n) is 10.6. The summed E-state index contributed by atoms with van der Waals surface area (Å²) in [6, 6.07) is 0. The van der Waals surface area contributed by atoms with Crippen molar-refractivity contribution in [3.63, 3.8) is 0 Å². The van der Waals surface area contributed by atoms with Crippen LogP contribution in [-0.4, -0.2) is 54.3 Å². The van der Waals surface area contributed by atoms with Crippen LogP contribution in [0.1, 0.15) is 148 Å². The molecule has 0 rings (SSSR count). The molecule has 0 saturated heterocycles. The monoisotopic (exact) mass is 887 g/mol. The fourth-order valence-electron chi connectivity index (χ4n) is 7.07. The molecule has 0 aliphatic carbocycles. The molecule has 346 valence electrons. The Bertz CT molecular complexity index is 2050. The van der Waals surface area contributed by atoms with Crippen molar-refractivity contribution in [2.45, 2.75) is 171 Å². The van der Waals surface area contributed by atoms with Crippen LogP contribution in [0.25, 0.3) is 0 Å². The first-order chi connectivity index (χ1) is 31.9. The molecule has 0 saturated carbocycles. The van der Waals surface area contributed by atoms with Crippen molar-refractivity contribution < 1.29 is 18.9 Å². The minimum Gasteiger partial charge on any atom is -0.423 e. The number of ether oxygens (including phenoxy) is 4. The van der Waals surface area contributed by atoms with Crippen molar-refractivity contribution >= 4 is 0 Å². The SMILES string of the molecule is C#CCCC#CC(CCCC#C)(CCCC#C)C(N)(CCC#C)OC(OCC#C)(OCCCCC#C)C(N)(N)C#COC(CCC#CCCCCC#C)(CCCCC#C)N(CC#C)CC#C. The molecule has 3 unspecified atom stereocenters. The highest BCUT2D eigenvalue weighted by atomic mass is 16.9. The second-order valence-corrected chi connectivity index (χ2v) is 15.5. The fourth-order valence-corrected chi connectivity index (χ4v) is 7.07. The second kappa shape index (κ2) is 36.1. The van der Waals surface area contributed by atoms with Crippen molar-refractivity contribution in [2.24, 2.45) is 22.6 Å². The van der Waals surface area contributed by atoms with Crippen molar-refractivity contribution in [1.29, 1.82) is 0 Å². The zero-order valence-electron chi connectivity index (χ0n) is 39.2. The van der Waals surface area contributed by atoms with E-state index in [1.807, 2.05) is 4.90 Å². The number of hydrogen-bond donors (Lipinski definition) is 3. The number of unbranched alkanes of at least 4 members (excludes halogenated alkanes) is 10. The van der Waals surface area contributed by atoms with E-state index >= 15 is 0 Å². The predicted octanol–water partition coefficient (Wildman–Crippen LogP) is 7.23. The molecule has 0 heterocycles. The first-order valence-electron chi connectivity index (χ1n) is 22.5. The lowest BCUT2D eigenvalue weighted by atomic mass is 9.68. The highest BCUT2D eigenvalue weighted by Crippen LogP contribution is 2.47. The summed E-state index contributed by atoms with van der Waals surface area (Å²) in [4.78, 5) is 1.85. The predicted molar refractivity (Wildman–Crippen MR) is 269 cm³/mol. The molecule has 0 aromatic heterocycles. The van der Waals surface area contributed by atoms with E-state index < -0.39 is 35.1 Å². The molecule has 66 heavy (non-hydrogen) atoms. The minimum atomic E-state index is -2.49. The lowest BCUT2D eigenvalue weighted by Gasteiger charge is -2.52. The van der Waals surface area contributed by atoms with E-state index in [9.17, 15) is 0 Å². The normalized spacial score (nSPS) is 13.1. The van der Waals surface area contributed by atoms with E-state index in [4.69, 9.17) is 100 Å². The topological polar surface area (TPSA) is 118 Å². The van der Waals surface area contributed by atoms with E-state index in [0.717, 1.165) is 12.8 Å². The number of hydrogen-bond acceptors (Lipinski definition) is 8. The number of rotatable bonds is 33. The second-order valence-electron chi connectivity index (χ2n) is 15.5. The molecule has 0 amide bonds. The lowest BCUT2D eigenvalue weighted by Crippen LogP contribution is -2.74. The zero-order chi connectivity index (χ0) is 49.3. The van der Waals surface area contributed by atoms with Crippen molar-refractivity contribution in [3.05, 3.63) is 0 Å². The van der Waals surface area contributed by atoms with Gasteiger partial charge in [0.05, 0.1) is 25.1 Å². The van der Waals surface area contributed by atoms with Crippen LogP contribution in [0.15, 0.2) is 0 Å². The van der Waals surface area contributed by atoms with Crippen LogP contribution >= 0.6 is 0 Å². The average Bonchev–Trinajstić information content (AvgIpc) is 3.30. The van der Waals surface area contributed by atoms with E-state index in [1.165, 1.54) is 0 Å². The molecule has 0 aliphatic heterocycles. The van der Waals surface area contributed by atoms with Crippen LogP contribution in [-0.2, 0) is 18.9 Å². The Hall–Kier alpha value is -6.20. The highest BCUT2D eigenvalue weighted by Gasteiger charge is 2.60. The number of nitrogens with zero attached hydrogens (tertiary/aromatic N) is 1. The molecule has 3 atom stereocenters. The van der Waals surface area contributed by atoms with Crippen LogP contribution in [0, 0.1) is 165 Å². The van der Waals surface area contributed by atoms with E-state index in [1.54, 1.807) is 0 Å². The van der Waals surface area contributed by atoms with E-state index in [0.29, 0.717) is 122 Å². The van der Waals surface area contributed by atoms with Crippen LogP contribution in [0.4, 0.5) is 0 Å². The summed E-state index contributed by atoms with van der Waals surface area (Å²) in [6.45, 7) is -0.165. The summed E-state index contributed by atoms with van der Waals surface area (Å²) < 4.78 is 26.5. The molecule has 0 spiro atoms. The number of terminal acetylenes is 10. The third-order valence-corrected chi connectivity index (χ3v) is 10.6. The van der Waals surface area contributed by atoms with Gasteiger partial charge in [0, 0.05) is 83.5 Å². The Labute approximate surface area is 401 Å². The van der Waals surface area contributed by atoms with Gasteiger partial charge in [-0.25, -0.2) is 4.90 Å². The van der Waals surface area contributed by atoms with Gasteiger partial charge in [0.2, 0.25) is 5.66 Å². The van der Waals surface area contributed by atoms with E-state index in [2.05, 4.69) is 94.9 Å². The smallest absolute Gasteiger partial charge is 0.331 e. The summed E-state index contributed by atoms with van der Waals surface area (Å²) in [5.74, 6) is 40.1. The standard InChI is InChI=1S/C58H70N4O4/c1-11-21-28-32-33-34-35-40-46-55(45-39-30-23-13-3,62(49-18-8)50-19-9)63-53-48-56(59,60)58(64-51-20-10,65-52-41-31-24-14-4)66-57(61,47-27-17-7)54(42-36-25-15-5,43-37-26-16-6)44-38-29-22-12-2/h1-10H,21-33,36-37,39-43,45-47,49-52,59-61H2. The summed E-state index contributed by atoms with van der Waals surface area (Å²) in [5.41, 5.74) is 15.2. The summed E-state index contributed by atoms with van der Waals surface area (Å²) in [6.07, 6.45) is 71.2. The highest BCUT2D eigenvalue weighted by molar-refractivity contribution is 5.23. The zero-order valence-corrected chi connectivity index (χ0v) is 39.2. The summed E-state index contributed by atoms with van der Waals surface area (Å²) in [5, 5.41) is 0. The van der Waals surface area contributed by atoms with Gasteiger partial charge in [0.1, 0.15) is 18.4 Å². The molecule has 0 radical (unpaired) electrons. The lowest BCUT2D eigenvalue weighted by molar-refractivity contribution is -0.437. The van der Waals surface area contributed by atoms with Gasteiger partial charge in [-0.1, -0.05) is 23.7 Å². The van der Waals surface area contributed by atoms with Gasteiger partial charge in [-0.3, -0.25) is 11.5 Å². The van der Waals surface area contributed by atoms with Crippen molar-refractivity contribution in [2.75, 3.05) is 26.3 Å². The van der Waals surface area contributed by atoms with Gasteiger partial charge < -0.3 is 24.7 Å². The average molecular weight is 887 g/mol. The third kappa shape index (κ3) is 21.7. The van der Waals surface area contributed by atoms with Gasteiger partial charge in [0.15, 0.2) is 5.72 Å². The molecule has 6 N–H and O–H groups in total. The van der Waals surface area contributed by atoms with Gasteiger partial charge in [-0.2, -0.15) is 0 Å². The maximum atomic E-state index is 7.57. The van der Waals surface area contributed by atoms with Crippen molar-refractivity contribution in [1.82, 2.24) is 4.90 Å². The first kappa shape index (κ1) is 59.8. The van der Waals surface area contributed by atoms with Gasteiger partial charge in [-0.05, 0) is 70.1 Å². The van der Waals surface area contributed by atoms with E-state index in [-0.39, 0.29) is 32.5 Å². The Balaban J connectivity index is 8.21. The van der Waals surface area contributed by atoms with Crippen LogP contribution in [0.2, 0.25) is 0 Å². The maximum Gasteiger partial charge on any atom is 0.331 e.